The molecular weight excluding hydrogens is 321 g/mol. The van der Waals surface area contributed by atoms with Gasteiger partial charge in [0.2, 0.25) is 5.95 Å². The van der Waals surface area contributed by atoms with Gasteiger partial charge in [-0.15, -0.1) is 0 Å². The summed E-state index contributed by atoms with van der Waals surface area (Å²) in [7, 11) is 0. The van der Waals surface area contributed by atoms with Crippen molar-refractivity contribution in [3.05, 3.63) is 83.8 Å². The Bertz CT molecular complexity index is 885. The smallest absolute Gasteiger partial charge is 0.255 e. The van der Waals surface area contributed by atoms with E-state index in [1.54, 1.807) is 0 Å². The third kappa shape index (κ3) is 4.32. The average Bonchev–Trinajstić information content (AvgIpc) is 2.61. The topological polar surface area (TPSA) is 77.2 Å². The van der Waals surface area contributed by atoms with E-state index < -0.39 is 11.9 Å². The van der Waals surface area contributed by atoms with E-state index in [4.69, 9.17) is 10.5 Å². The maximum Gasteiger partial charge on any atom is 0.255 e. The number of halogens is 1. The van der Waals surface area contributed by atoms with Crippen molar-refractivity contribution < 1.29 is 13.9 Å². The van der Waals surface area contributed by atoms with E-state index in [9.17, 15) is 9.18 Å². The normalized spacial score (nSPS) is 10.3. The van der Waals surface area contributed by atoms with E-state index in [1.165, 1.54) is 6.07 Å². The first-order valence-corrected chi connectivity index (χ1v) is 7.64. The number of para-hydroxylation sites is 1. The summed E-state index contributed by atoms with van der Waals surface area (Å²) >= 11 is 0. The van der Waals surface area contributed by atoms with Gasteiger partial charge >= 0.3 is 0 Å². The summed E-state index contributed by atoms with van der Waals surface area (Å²) in [5, 5.41) is 2.73. The molecule has 0 saturated carbocycles. The van der Waals surface area contributed by atoms with Crippen molar-refractivity contribution in [1.82, 2.24) is 10.3 Å². The van der Waals surface area contributed by atoms with E-state index in [0.717, 1.165) is 17.4 Å². The summed E-state index contributed by atoms with van der Waals surface area (Å²) in [6.45, 7) is 0.279. The second-order valence-corrected chi connectivity index (χ2v) is 5.31. The van der Waals surface area contributed by atoms with Crippen molar-refractivity contribution in [2.75, 3.05) is 5.73 Å². The molecule has 0 unspecified atom stereocenters. The lowest BCUT2D eigenvalue weighted by Gasteiger charge is -2.09. The lowest BCUT2D eigenvalue weighted by Crippen LogP contribution is -2.24. The largest absolute Gasteiger partial charge is 0.457 e. The molecule has 0 radical (unpaired) electrons. The molecule has 0 atom stereocenters. The Hall–Kier alpha value is -3.41. The summed E-state index contributed by atoms with van der Waals surface area (Å²) in [5.74, 6) is 0.118. The van der Waals surface area contributed by atoms with Gasteiger partial charge in [-0.2, -0.15) is 4.39 Å². The van der Waals surface area contributed by atoms with Crippen molar-refractivity contribution in [2.24, 2.45) is 0 Å². The molecule has 3 aromatic rings. The number of nitrogen functional groups attached to an aromatic ring is 1. The number of benzene rings is 2. The third-order valence-electron chi connectivity index (χ3n) is 3.47. The molecule has 0 aliphatic carbocycles. The van der Waals surface area contributed by atoms with Gasteiger partial charge in [0, 0.05) is 6.54 Å². The van der Waals surface area contributed by atoms with E-state index in [2.05, 4.69) is 10.3 Å². The molecular formula is C19H16FN3O2. The Morgan fingerprint density at radius 3 is 2.56 bits per heavy atom. The molecule has 1 aromatic heterocycles. The fourth-order valence-corrected chi connectivity index (χ4v) is 2.26. The SMILES string of the molecule is Nc1nc(F)ccc1C(=O)NCc1cccc(Oc2ccccc2)c1. The Kier molecular flexibility index (Phi) is 4.89. The number of nitrogens with two attached hydrogens (primary N) is 1. The van der Waals surface area contributed by atoms with Gasteiger partial charge in [-0.25, -0.2) is 4.98 Å². The number of anilines is 1. The molecule has 0 saturated heterocycles. The van der Waals surface area contributed by atoms with E-state index in [1.807, 2.05) is 54.6 Å². The minimum atomic E-state index is -0.722. The molecule has 5 nitrogen and oxygen atoms in total. The lowest BCUT2D eigenvalue weighted by molar-refractivity contribution is 0.0951. The Labute approximate surface area is 144 Å². The van der Waals surface area contributed by atoms with Crippen LogP contribution in [0.15, 0.2) is 66.7 Å². The summed E-state index contributed by atoms with van der Waals surface area (Å²) < 4.78 is 18.7. The van der Waals surface area contributed by atoms with Crippen LogP contribution in [0.25, 0.3) is 0 Å². The number of nitrogens with zero attached hydrogens (tertiary/aromatic N) is 1. The Morgan fingerprint density at radius 2 is 1.80 bits per heavy atom. The van der Waals surface area contributed by atoms with Gasteiger partial charge in [-0.1, -0.05) is 30.3 Å². The van der Waals surface area contributed by atoms with Crippen LogP contribution < -0.4 is 15.8 Å². The second kappa shape index (κ2) is 7.44. The molecule has 25 heavy (non-hydrogen) atoms. The van der Waals surface area contributed by atoms with E-state index >= 15 is 0 Å². The number of pyridine rings is 1. The highest BCUT2D eigenvalue weighted by molar-refractivity contribution is 5.98. The maximum absolute atomic E-state index is 12.9. The zero-order chi connectivity index (χ0) is 17.6. The van der Waals surface area contributed by atoms with Gasteiger partial charge < -0.3 is 15.8 Å². The maximum atomic E-state index is 12.9. The number of hydrogen-bond acceptors (Lipinski definition) is 4. The fourth-order valence-electron chi connectivity index (χ4n) is 2.26. The standard InChI is InChI=1S/C19H16FN3O2/c20-17-10-9-16(18(21)23-17)19(24)22-12-13-5-4-8-15(11-13)25-14-6-2-1-3-7-14/h1-11H,12H2,(H2,21,23)(H,22,24). The van der Waals surface area contributed by atoms with Crippen LogP contribution in [-0.2, 0) is 6.54 Å². The summed E-state index contributed by atoms with van der Waals surface area (Å²) in [6, 6.07) is 19.2. The summed E-state index contributed by atoms with van der Waals surface area (Å²) in [6.07, 6.45) is 0. The average molecular weight is 337 g/mol. The molecule has 0 bridgehead atoms. The van der Waals surface area contributed by atoms with Crippen LogP contribution >= 0.6 is 0 Å². The number of rotatable bonds is 5. The number of ether oxygens (including phenoxy) is 1. The molecule has 0 spiro atoms. The van der Waals surface area contributed by atoms with Crippen molar-refractivity contribution in [3.8, 4) is 11.5 Å². The summed E-state index contributed by atoms with van der Waals surface area (Å²) in [4.78, 5) is 15.6. The van der Waals surface area contributed by atoms with Crippen LogP contribution in [0.5, 0.6) is 11.5 Å². The summed E-state index contributed by atoms with van der Waals surface area (Å²) in [5.41, 5.74) is 6.56. The molecule has 0 aliphatic heterocycles. The van der Waals surface area contributed by atoms with E-state index in [-0.39, 0.29) is 17.9 Å². The number of amides is 1. The molecule has 0 fully saturated rings. The van der Waals surface area contributed by atoms with Gasteiger partial charge in [-0.05, 0) is 42.0 Å². The molecule has 2 aromatic carbocycles. The van der Waals surface area contributed by atoms with E-state index in [0.29, 0.717) is 5.75 Å². The molecule has 3 N–H and O–H groups in total. The van der Waals surface area contributed by atoms with Gasteiger partial charge in [0.05, 0.1) is 5.56 Å². The monoisotopic (exact) mass is 337 g/mol. The van der Waals surface area contributed by atoms with Crippen LogP contribution in [0, 0.1) is 5.95 Å². The van der Waals surface area contributed by atoms with Gasteiger partial charge in [-0.3, -0.25) is 4.79 Å². The zero-order valence-corrected chi connectivity index (χ0v) is 13.3. The van der Waals surface area contributed by atoms with Gasteiger partial charge in [0.1, 0.15) is 17.3 Å². The van der Waals surface area contributed by atoms with Crippen LogP contribution in [-0.4, -0.2) is 10.9 Å². The lowest BCUT2D eigenvalue weighted by atomic mass is 10.2. The number of hydrogen-bond donors (Lipinski definition) is 2. The number of carbonyl (C=O) groups excluding carboxylic acids is 1. The molecule has 0 aliphatic rings. The number of aromatic nitrogens is 1. The highest BCUT2D eigenvalue weighted by Gasteiger charge is 2.11. The Balaban J connectivity index is 1.65. The van der Waals surface area contributed by atoms with Crippen LogP contribution in [0.1, 0.15) is 15.9 Å². The van der Waals surface area contributed by atoms with Crippen molar-refractivity contribution in [1.29, 1.82) is 0 Å². The van der Waals surface area contributed by atoms with Crippen molar-refractivity contribution in [3.63, 3.8) is 0 Å². The highest BCUT2D eigenvalue weighted by atomic mass is 19.1. The molecule has 6 heteroatoms. The quantitative estimate of drug-likeness (QED) is 0.698. The minimum absolute atomic E-state index is 0.137. The van der Waals surface area contributed by atoms with Gasteiger partial charge in [0.15, 0.2) is 0 Å². The zero-order valence-electron chi connectivity index (χ0n) is 13.3. The van der Waals surface area contributed by atoms with Crippen LogP contribution in [0.3, 0.4) is 0 Å². The van der Waals surface area contributed by atoms with Crippen LogP contribution in [0.4, 0.5) is 10.2 Å². The fraction of sp³-hybridized carbons (Fsp3) is 0.0526. The molecule has 1 heterocycles. The highest BCUT2D eigenvalue weighted by Crippen LogP contribution is 2.21. The second-order valence-electron chi connectivity index (χ2n) is 5.31. The van der Waals surface area contributed by atoms with Crippen molar-refractivity contribution >= 4 is 11.7 Å². The first-order valence-electron chi connectivity index (χ1n) is 7.64. The number of nitrogens with one attached hydrogen (secondary N) is 1. The molecule has 1 amide bonds. The van der Waals surface area contributed by atoms with Gasteiger partial charge in [0.25, 0.3) is 5.91 Å². The van der Waals surface area contributed by atoms with Crippen molar-refractivity contribution in [2.45, 2.75) is 6.54 Å². The first-order chi connectivity index (χ1) is 12.1. The predicted molar refractivity (Wildman–Crippen MR) is 92.7 cm³/mol. The molecule has 3 rings (SSSR count). The minimum Gasteiger partial charge on any atom is -0.457 e. The first kappa shape index (κ1) is 16.4. The Morgan fingerprint density at radius 1 is 1.04 bits per heavy atom. The van der Waals surface area contributed by atoms with Crippen LogP contribution in [0.2, 0.25) is 0 Å². The third-order valence-corrected chi connectivity index (χ3v) is 3.47. The molecule has 126 valence electrons. The predicted octanol–water partition coefficient (Wildman–Crippen LogP) is 3.53. The number of carbonyl (C=O) groups is 1.